The molecule has 1 aromatic heterocycles. The average Bonchev–Trinajstić information content (AvgIpc) is 3.01. The SMILES string of the molecule is CN1CCC(=C2c3cc(Cl)ccc3OCc3cc(C(C)(C)C(=O)O)sc32)CC1. The van der Waals surface area contributed by atoms with Gasteiger partial charge in [-0.25, -0.2) is 0 Å². The molecule has 3 heterocycles. The largest absolute Gasteiger partial charge is 0.488 e. The molecule has 4 nitrogen and oxygen atoms in total. The number of likely N-dealkylation sites (tertiary alicyclic amines) is 1. The van der Waals surface area contributed by atoms with Gasteiger partial charge in [0.25, 0.3) is 0 Å². The van der Waals surface area contributed by atoms with Crippen LogP contribution in [0.3, 0.4) is 0 Å². The number of carbonyl (C=O) groups is 1. The molecule has 0 aliphatic carbocycles. The molecule has 2 aliphatic rings. The molecule has 0 saturated carbocycles. The standard InChI is InChI=1S/C22H24ClNO3S/c1-22(2,21(25)26)18-10-14-12-27-17-5-4-15(23)11-16(17)19(20(14)28-18)13-6-8-24(3)9-7-13/h4-5,10-11H,6-9,12H2,1-3H3,(H,25,26). The van der Waals surface area contributed by atoms with Crippen molar-refractivity contribution >= 4 is 34.5 Å². The minimum atomic E-state index is -0.934. The van der Waals surface area contributed by atoms with E-state index in [1.54, 1.807) is 25.2 Å². The van der Waals surface area contributed by atoms with Gasteiger partial charge in [-0.2, -0.15) is 0 Å². The highest BCUT2D eigenvalue weighted by atomic mass is 35.5. The number of carboxylic acids is 1. The highest BCUT2D eigenvalue weighted by molar-refractivity contribution is 7.13. The Morgan fingerprint density at radius 1 is 1.25 bits per heavy atom. The van der Waals surface area contributed by atoms with Crippen LogP contribution in [0.25, 0.3) is 5.57 Å². The van der Waals surface area contributed by atoms with Crippen molar-refractivity contribution in [3.05, 3.63) is 55.7 Å². The molecule has 0 atom stereocenters. The molecule has 0 bridgehead atoms. The Balaban J connectivity index is 1.93. The quantitative estimate of drug-likeness (QED) is 0.731. The van der Waals surface area contributed by atoms with Gasteiger partial charge in [0.05, 0.1) is 5.41 Å². The molecule has 148 valence electrons. The molecule has 0 amide bonds. The Hall–Kier alpha value is -1.82. The van der Waals surface area contributed by atoms with Crippen LogP contribution in [-0.4, -0.2) is 36.1 Å². The van der Waals surface area contributed by atoms with Gasteiger partial charge in [-0.3, -0.25) is 4.79 Å². The molecule has 1 N–H and O–H groups in total. The first-order valence-corrected chi connectivity index (χ1v) is 10.7. The van der Waals surface area contributed by atoms with Crippen molar-refractivity contribution in [1.29, 1.82) is 0 Å². The number of halogens is 1. The zero-order chi connectivity index (χ0) is 20.1. The summed E-state index contributed by atoms with van der Waals surface area (Å²) in [5.41, 5.74) is 3.73. The first-order chi connectivity index (χ1) is 13.3. The molecule has 0 spiro atoms. The summed E-state index contributed by atoms with van der Waals surface area (Å²) in [7, 11) is 2.15. The van der Waals surface area contributed by atoms with Gasteiger partial charge in [0.15, 0.2) is 0 Å². The third kappa shape index (κ3) is 3.36. The molecule has 28 heavy (non-hydrogen) atoms. The Labute approximate surface area is 174 Å². The second-order valence-corrected chi connectivity index (χ2v) is 9.59. The number of thiophene rings is 1. The lowest BCUT2D eigenvalue weighted by atomic mass is 9.89. The maximum absolute atomic E-state index is 11.8. The Bertz CT molecular complexity index is 966. The number of ether oxygens (including phenoxy) is 1. The topological polar surface area (TPSA) is 49.8 Å². The van der Waals surface area contributed by atoms with Gasteiger partial charge in [0, 0.05) is 44.6 Å². The number of carboxylic acid groups (broad SMARTS) is 1. The van der Waals surface area contributed by atoms with Gasteiger partial charge in [-0.1, -0.05) is 17.2 Å². The van der Waals surface area contributed by atoms with Crippen LogP contribution < -0.4 is 4.74 Å². The lowest BCUT2D eigenvalue weighted by molar-refractivity contribution is -0.142. The van der Waals surface area contributed by atoms with Gasteiger partial charge < -0.3 is 14.7 Å². The van der Waals surface area contributed by atoms with E-state index in [0.29, 0.717) is 11.6 Å². The number of rotatable bonds is 2. The molecule has 2 aromatic rings. The minimum absolute atomic E-state index is 0.437. The first-order valence-electron chi connectivity index (χ1n) is 9.47. The van der Waals surface area contributed by atoms with E-state index in [2.05, 4.69) is 11.9 Å². The van der Waals surface area contributed by atoms with Crippen molar-refractivity contribution < 1.29 is 14.6 Å². The zero-order valence-corrected chi connectivity index (χ0v) is 17.9. The van der Waals surface area contributed by atoms with Crippen molar-refractivity contribution in [2.24, 2.45) is 0 Å². The lowest BCUT2D eigenvalue weighted by Gasteiger charge is -2.26. The molecule has 1 saturated heterocycles. The summed E-state index contributed by atoms with van der Waals surface area (Å²) in [5.74, 6) is 0.0232. The number of hydrogen-bond donors (Lipinski definition) is 1. The molecule has 0 unspecified atom stereocenters. The summed E-state index contributed by atoms with van der Waals surface area (Å²) in [4.78, 5) is 16.1. The van der Waals surface area contributed by atoms with Gasteiger partial charge >= 0.3 is 5.97 Å². The Morgan fingerprint density at radius 3 is 2.64 bits per heavy atom. The predicted molar refractivity (Wildman–Crippen MR) is 114 cm³/mol. The molecular formula is C22H24ClNO3S. The first kappa shape index (κ1) is 19.5. The maximum atomic E-state index is 11.8. The van der Waals surface area contributed by atoms with E-state index in [1.807, 2.05) is 24.3 Å². The van der Waals surface area contributed by atoms with Crippen LogP contribution in [0.1, 0.15) is 47.6 Å². The van der Waals surface area contributed by atoms with Crippen molar-refractivity contribution in [1.82, 2.24) is 4.90 Å². The molecule has 4 rings (SSSR count). The van der Waals surface area contributed by atoms with Gasteiger partial charge in [-0.05, 0) is 58.0 Å². The van der Waals surface area contributed by atoms with Crippen molar-refractivity contribution in [3.63, 3.8) is 0 Å². The van der Waals surface area contributed by atoms with Crippen LogP contribution >= 0.6 is 22.9 Å². The highest BCUT2D eigenvalue weighted by Crippen LogP contribution is 2.46. The Morgan fingerprint density at radius 2 is 1.96 bits per heavy atom. The number of piperidine rings is 1. The van der Waals surface area contributed by atoms with E-state index in [1.165, 1.54) is 11.1 Å². The van der Waals surface area contributed by atoms with E-state index >= 15 is 0 Å². The number of hydrogen-bond acceptors (Lipinski definition) is 4. The second kappa shape index (κ2) is 7.21. The van der Waals surface area contributed by atoms with Crippen LogP contribution in [0.5, 0.6) is 5.75 Å². The lowest BCUT2D eigenvalue weighted by Crippen LogP contribution is -2.27. The summed E-state index contributed by atoms with van der Waals surface area (Å²) < 4.78 is 6.11. The van der Waals surface area contributed by atoms with E-state index < -0.39 is 11.4 Å². The summed E-state index contributed by atoms with van der Waals surface area (Å²) in [6, 6.07) is 7.78. The van der Waals surface area contributed by atoms with E-state index in [4.69, 9.17) is 16.3 Å². The normalized spacial score (nSPS) is 17.6. The second-order valence-electron chi connectivity index (χ2n) is 8.11. The fourth-order valence-corrected chi connectivity index (χ4v) is 5.29. The van der Waals surface area contributed by atoms with E-state index in [9.17, 15) is 9.90 Å². The highest BCUT2D eigenvalue weighted by Gasteiger charge is 2.34. The number of benzene rings is 1. The molecule has 0 radical (unpaired) electrons. The van der Waals surface area contributed by atoms with Crippen molar-refractivity contribution in [3.8, 4) is 5.75 Å². The van der Waals surface area contributed by atoms with Crippen LogP contribution in [0.2, 0.25) is 5.02 Å². The van der Waals surface area contributed by atoms with Crippen LogP contribution in [-0.2, 0) is 16.8 Å². The van der Waals surface area contributed by atoms with Crippen LogP contribution in [0, 0.1) is 0 Å². The van der Waals surface area contributed by atoms with Crippen LogP contribution in [0.4, 0.5) is 0 Å². The molecular weight excluding hydrogens is 394 g/mol. The molecule has 6 heteroatoms. The molecule has 1 fully saturated rings. The number of aliphatic carboxylic acids is 1. The summed E-state index contributed by atoms with van der Waals surface area (Å²) in [6.45, 7) is 5.99. The fourth-order valence-electron chi connectivity index (χ4n) is 3.75. The minimum Gasteiger partial charge on any atom is -0.488 e. The monoisotopic (exact) mass is 417 g/mol. The number of fused-ring (bicyclic) bond motifs is 2. The average molecular weight is 418 g/mol. The molecule has 1 aromatic carbocycles. The third-order valence-corrected chi connectivity index (χ3v) is 7.48. The van der Waals surface area contributed by atoms with E-state index in [0.717, 1.165) is 52.6 Å². The van der Waals surface area contributed by atoms with Crippen molar-refractivity contribution in [2.75, 3.05) is 20.1 Å². The summed E-state index contributed by atoms with van der Waals surface area (Å²) in [5, 5.41) is 10.4. The van der Waals surface area contributed by atoms with Crippen LogP contribution in [0.15, 0.2) is 29.8 Å². The Kier molecular flexibility index (Phi) is 5.02. The van der Waals surface area contributed by atoms with Gasteiger partial charge in [0.1, 0.15) is 12.4 Å². The predicted octanol–water partition coefficient (Wildman–Crippen LogP) is 5.18. The van der Waals surface area contributed by atoms with Gasteiger partial charge in [0.2, 0.25) is 0 Å². The summed E-state index contributed by atoms with van der Waals surface area (Å²) in [6.07, 6.45) is 1.99. The van der Waals surface area contributed by atoms with Crippen molar-refractivity contribution in [2.45, 2.75) is 38.7 Å². The van der Waals surface area contributed by atoms with E-state index in [-0.39, 0.29) is 0 Å². The maximum Gasteiger partial charge on any atom is 0.314 e. The number of nitrogens with zero attached hydrogens (tertiary/aromatic N) is 1. The fraction of sp³-hybridized carbons (Fsp3) is 0.409. The smallest absolute Gasteiger partial charge is 0.314 e. The third-order valence-electron chi connectivity index (χ3n) is 5.72. The van der Waals surface area contributed by atoms with Gasteiger partial charge in [-0.15, -0.1) is 11.3 Å². The zero-order valence-electron chi connectivity index (χ0n) is 16.3. The molecule has 2 aliphatic heterocycles. The summed E-state index contributed by atoms with van der Waals surface area (Å²) >= 11 is 7.92.